The zero-order valence-corrected chi connectivity index (χ0v) is 11.8. The number of nitrogens with two attached hydrogens (primary N) is 1. The Morgan fingerprint density at radius 3 is 2.35 bits per heavy atom. The first kappa shape index (κ1) is 14.4. The van der Waals surface area contributed by atoms with Crippen LogP contribution in [0.25, 0.3) is 0 Å². The SMILES string of the molecule is CCC(Cc1ccc(N)cc1)OCOc1ccccc1. The van der Waals surface area contributed by atoms with Crippen LogP contribution in [0.1, 0.15) is 18.9 Å². The number of benzene rings is 2. The smallest absolute Gasteiger partial charge is 0.189 e. The van der Waals surface area contributed by atoms with Crippen molar-refractivity contribution in [3.63, 3.8) is 0 Å². The van der Waals surface area contributed by atoms with Crippen LogP contribution < -0.4 is 10.5 Å². The number of anilines is 1. The number of para-hydroxylation sites is 1. The summed E-state index contributed by atoms with van der Waals surface area (Å²) in [6, 6.07) is 17.6. The van der Waals surface area contributed by atoms with Crippen LogP contribution in [-0.4, -0.2) is 12.9 Å². The van der Waals surface area contributed by atoms with Crippen LogP contribution in [-0.2, 0) is 11.2 Å². The molecule has 1 atom stereocenters. The van der Waals surface area contributed by atoms with Gasteiger partial charge >= 0.3 is 0 Å². The normalized spacial score (nSPS) is 12.1. The summed E-state index contributed by atoms with van der Waals surface area (Å²) in [6.07, 6.45) is 1.97. The second kappa shape index (κ2) is 7.56. The Morgan fingerprint density at radius 2 is 1.70 bits per heavy atom. The Bertz CT molecular complexity index is 496. The number of hydrogen-bond acceptors (Lipinski definition) is 3. The second-order valence-corrected chi connectivity index (χ2v) is 4.72. The molecular weight excluding hydrogens is 250 g/mol. The van der Waals surface area contributed by atoms with Gasteiger partial charge in [-0.05, 0) is 42.7 Å². The van der Waals surface area contributed by atoms with Gasteiger partial charge in [0.1, 0.15) is 5.75 Å². The van der Waals surface area contributed by atoms with Crippen LogP contribution in [0, 0.1) is 0 Å². The minimum atomic E-state index is 0.155. The number of rotatable bonds is 7. The molecule has 0 fully saturated rings. The summed E-state index contributed by atoms with van der Waals surface area (Å²) in [5, 5.41) is 0. The summed E-state index contributed by atoms with van der Waals surface area (Å²) in [6.45, 7) is 2.39. The summed E-state index contributed by atoms with van der Waals surface area (Å²) in [4.78, 5) is 0. The van der Waals surface area contributed by atoms with E-state index in [0.29, 0.717) is 0 Å². The van der Waals surface area contributed by atoms with E-state index in [1.807, 2.05) is 54.6 Å². The van der Waals surface area contributed by atoms with Gasteiger partial charge in [-0.3, -0.25) is 0 Å². The first-order valence-corrected chi connectivity index (χ1v) is 6.92. The van der Waals surface area contributed by atoms with Crippen molar-refractivity contribution in [1.29, 1.82) is 0 Å². The molecule has 106 valence electrons. The van der Waals surface area contributed by atoms with Crippen LogP contribution in [0.3, 0.4) is 0 Å². The molecule has 3 nitrogen and oxygen atoms in total. The van der Waals surface area contributed by atoms with E-state index >= 15 is 0 Å². The summed E-state index contributed by atoms with van der Waals surface area (Å²) in [7, 11) is 0. The van der Waals surface area contributed by atoms with E-state index in [9.17, 15) is 0 Å². The van der Waals surface area contributed by atoms with Crippen molar-refractivity contribution in [3.8, 4) is 5.75 Å². The highest BCUT2D eigenvalue weighted by molar-refractivity contribution is 5.39. The fourth-order valence-electron chi connectivity index (χ4n) is 1.95. The highest BCUT2D eigenvalue weighted by Gasteiger charge is 2.08. The van der Waals surface area contributed by atoms with Gasteiger partial charge in [-0.15, -0.1) is 0 Å². The van der Waals surface area contributed by atoms with Crippen LogP contribution >= 0.6 is 0 Å². The summed E-state index contributed by atoms with van der Waals surface area (Å²) >= 11 is 0. The topological polar surface area (TPSA) is 44.5 Å². The van der Waals surface area contributed by atoms with E-state index < -0.39 is 0 Å². The Balaban J connectivity index is 1.79. The summed E-state index contributed by atoms with van der Waals surface area (Å²) < 4.78 is 11.3. The lowest BCUT2D eigenvalue weighted by Crippen LogP contribution is -2.18. The molecule has 20 heavy (non-hydrogen) atoms. The van der Waals surface area contributed by atoms with Crippen molar-refractivity contribution in [2.24, 2.45) is 0 Å². The summed E-state index contributed by atoms with van der Waals surface area (Å²) in [5.41, 5.74) is 7.70. The van der Waals surface area contributed by atoms with Gasteiger partial charge in [0.05, 0.1) is 6.10 Å². The third-order valence-corrected chi connectivity index (χ3v) is 3.17. The molecule has 2 N–H and O–H groups in total. The van der Waals surface area contributed by atoms with E-state index in [1.54, 1.807) is 0 Å². The zero-order chi connectivity index (χ0) is 14.2. The molecule has 0 bridgehead atoms. The molecule has 1 unspecified atom stereocenters. The van der Waals surface area contributed by atoms with Crippen molar-refractivity contribution in [2.75, 3.05) is 12.5 Å². The lowest BCUT2D eigenvalue weighted by Gasteiger charge is -2.16. The van der Waals surface area contributed by atoms with Gasteiger partial charge in [0.25, 0.3) is 0 Å². The van der Waals surface area contributed by atoms with Crippen molar-refractivity contribution in [1.82, 2.24) is 0 Å². The predicted molar refractivity (Wildman–Crippen MR) is 81.7 cm³/mol. The van der Waals surface area contributed by atoms with Gasteiger partial charge < -0.3 is 15.2 Å². The molecule has 0 heterocycles. The van der Waals surface area contributed by atoms with E-state index in [4.69, 9.17) is 15.2 Å². The van der Waals surface area contributed by atoms with E-state index in [0.717, 1.165) is 24.3 Å². The maximum Gasteiger partial charge on any atom is 0.189 e. The van der Waals surface area contributed by atoms with Crippen molar-refractivity contribution < 1.29 is 9.47 Å². The fraction of sp³-hybridized carbons (Fsp3) is 0.294. The van der Waals surface area contributed by atoms with Crippen LogP contribution in [0.5, 0.6) is 5.75 Å². The quantitative estimate of drug-likeness (QED) is 0.617. The highest BCUT2D eigenvalue weighted by Crippen LogP contribution is 2.13. The lowest BCUT2D eigenvalue weighted by molar-refractivity contribution is -0.0368. The zero-order valence-electron chi connectivity index (χ0n) is 11.8. The monoisotopic (exact) mass is 271 g/mol. The average Bonchev–Trinajstić information content (AvgIpc) is 2.49. The maximum absolute atomic E-state index is 5.78. The standard InChI is InChI=1S/C17H21NO2/c1-2-16(12-14-8-10-15(18)11-9-14)19-13-20-17-6-4-3-5-7-17/h3-11,16H,2,12-13,18H2,1H3. The molecule has 0 radical (unpaired) electrons. The Labute approximate surface area is 120 Å². The molecule has 0 aliphatic carbocycles. The lowest BCUT2D eigenvalue weighted by atomic mass is 10.1. The van der Waals surface area contributed by atoms with E-state index in [1.165, 1.54) is 5.56 Å². The van der Waals surface area contributed by atoms with Crippen LogP contribution in [0.15, 0.2) is 54.6 Å². The molecule has 0 spiro atoms. The molecule has 0 saturated carbocycles. The fourth-order valence-corrected chi connectivity index (χ4v) is 1.95. The largest absolute Gasteiger partial charge is 0.468 e. The van der Waals surface area contributed by atoms with Gasteiger partial charge in [0, 0.05) is 5.69 Å². The Hall–Kier alpha value is -2.00. The molecule has 2 aromatic carbocycles. The molecule has 0 amide bonds. The van der Waals surface area contributed by atoms with Gasteiger partial charge in [-0.2, -0.15) is 0 Å². The predicted octanol–water partition coefficient (Wildman–Crippen LogP) is 3.64. The number of nitrogen functional groups attached to an aromatic ring is 1. The van der Waals surface area contributed by atoms with Crippen molar-refractivity contribution in [2.45, 2.75) is 25.9 Å². The van der Waals surface area contributed by atoms with Crippen molar-refractivity contribution >= 4 is 5.69 Å². The highest BCUT2D eigenvalue weighted by atomic mass is 16.7. The molecule has 0 aliphatic heterocycles. The van der Waals surface area contributed by atoms with Crippen LogP contribution in [0.2, 0.25) is 0 Å². The third-order valence-electron chi connectivity index (χ3n) is 3.17. The van der Waals surface area contributed by atoms with Gasteiger partial charge in [0.15, 0.2) is 6.79 Å². The van der Waals surface area contributed by atoms with E-state index in [2.05, 4.69) is 6.92 Å². The van der Waals surface area contributed by atoms with Crippen LogP contribution in [0.4, 0.5) is 5.69 Å². The average molecular weight is 271 g/mol. The van der Waals surface area contributed by atoms with Gasteiger partial charge in [-0.1, -0.05) is 37.3 Å². The third kappa shape index (κ3) is 4.59. The first-order chi connectivity index (χ1) is 9.78. The summed E-state index contributed by atoms with van der Waals surface area (Å²) in [5.74, 6) is 0.829. The molecular formula is C17H21NO2. The van der Waals surface area contributed by atoms with Gasteiger partial charge in [-0.25, -0.2) is 0 Å². The molecule has 0 saturated heterocycles. The minimum absolute atomic E-state index is 0.155. The Morgan fingerprint density at radius 1 is 1.00 bits per heavy atom. The van der Waals surface area contributed by atoms with Crippen molar-refractivity contribution in [3.05, 3.63) is 60.2 Å². The maximum atomic E-state index is 5.78. The number of ether oxygens (including phenoxy) is 2. The molecule has 2 aromatic rings. The molecule has 0 aliphatic rings. The minimum Gasteiger partial charge on any atom is -0.468 e. The number of hydrogen-bond donors (Lipinski definition) is 1. The molecule has 2 rings (SSSR count). The van der Waals surface area contributed by atoms with Gasteiger partial charge in [0.2, 0.25) is 0 Å². The molecule has 0 aromatic heterocycles. The van der Waals surface area contributed by atoms with E-state index in [-0.39, 0.29) is 12.9 Å². The first-order valence-electron chi connectivity index (χ1n) is 6.92. The Kier molecular flexibility index (Phi) is 5.44. The second-order valence-electron chi connectivity index (χ2n) is 4.72. The molecule has 3 heteroatoms.